The van der Waals surface area contributed by atoms with Gasteiger partial charge < -0.3 is 4.74 Å². The van der Waals surface area contributed by atoms with E-state index in [1.165, 1.54) is 16.3 Å². The summed E-state index contributed by atoms with van der Waals surface area (Å²) < 4.78 is 5.73. The number of ether oxygens (including phenoxy) is 1. The molecule has 2 nitrogen and oxygen atoms in total. The van der Waals surface area contributed by atoms with Gasteiger partial charge in [0.1, 0.15) is 6.61 Å². The maximum absolute atomic E-state index is 5.73. The lowest BCUT2D eigenvalue weighted by Gasteiger charge is -2.06. The summed E-state index contributed by atoms with van der Waals surface area (Å²) in [6.45, 7) is 5.12. The minimum Gasteiger partial charge on any atom is -0.478 e. The molecule has 0 unspecified atom stereocenters. The van der Waals surface area contributed by atoms with E-state index in [2.05, 4.69) is 61.3 Å². The zero-order chi connectivity index (χ0) is 13.2. The molecule has 1 aliphatic rings. The predicted octanol–water partition coefficient (Wildman–Crippen LogP) is 3.84. The van der Waals surface area contributed by atoms with Crippen LogP contribution in [0.5, 0.6) is 0 Å². The highest BCUT2D eigenvalue weighted by Gasteiger charge is 2.21. The summed E-state index contributed by atoms with van der Waals surface area (Å²) in [5.74, 6) is 1.43. The molecule has 3 rings (SSSR count). The monoisotopic (exact) mass is 253 g/mol. The first-order valence-electron chi connectivity index (χ1n) is 6.90. The molecule has 0 amide bonds. The molecular weight excluding hydrogens is 234 g/mol. The van der Waals surface area contributed by atoms with Crippen LogP contribution in [0.2, 0.25) is 0 Å². The lowest BCUT2D eigenvalue weighted by atomic mass is 10.0. The van der Waals surface area contributed by atoms with Crippen molar-refractivity contribution in [2.45, 2.75) is 26.3 Å². The van der Waals surface area contributed by atoms with Gasteiger partial charge in [-0.3, -0.25) is 0 Å². The van der Waals surface area contributed by atoms with Gasteiger partial charge in [-0.15, -0.1) is 0 Å². The second kappa shape index (κ2) is 5.04. The quantitative estimate of drug-likeness (QED) is 0.814. The fourth-order valence-corrected chi connectivity index (χ4v) is 2.49. The van der Waals surface area contributed by atoms with Crippen molar-refractivity contribution in [1.82, 2.24) is 0 Å². The summed E-state index contributed by atoms with van der Waals surface area (Å²) in [5, 5.41) is 2.57. The Morgan fingerprint density at radius 1 is 1.16 bits per heavy atom. The van der Waals surface area contributed by atoms with Gasteiger partial charge in [0.05, 0.1) is 6.04 Å². The maximum Gasteiger partial charge on any atom is 0.188 e. The van der Waals surface area contributed by atoms with Gasteiger partial charge in [0.25, 0.3) is 0 Å². The lowest BCUT2D eigenvalue weighted by molar-refractivity contribution is 0.287. The van der Waals surface area contributed by atoms with E-state index in [-0.39, 0.29) is 0 Å². The minimum atomic E-state index is 0.324. The fourth-order valence-electron chi connectivity index (χ4n) is 2.49. The molecule has 0 radical (unpaired) electrons. The molecule has 98 valence electrons. The van der Waals surface area contributed by atoms with Crippen LogP contribution in [-0.2, 0) is 11.2 Å². The molecule has 0 N–H and O–H groups in total. The maximum atomic E-state index is 5.73. The summed E-state index contributed by atoms with van der Waals surface area (Å²) in [6, 6.07) is 15.2. The topological polar surface area (TPSA) is 21.6 Å². The Morgan fingerprint density at radius 3 is 2.74 bits per heavy atom. The second-order valence-electron chi connectivity index (χ2n) is 5.46. The highest BCUT2D eigenvalue weighted by atomic mass is 16.5. The highest BCUT2D eigenvalue weighted by Crippen LogP contribution is 2.21. The molecule has 0 aliphatic carbocycles. The fraction of sp³-hybridized carbons (Fsp3) is 0.353. The van der Waals surface area contributed by atoms with Crippen molar-refractivity contribution in [3.05, 3.63) is 48.0 Å². The van der Waals surface area contributed by atoms with E-state index in [0.29, 0.717) is 12.0 Å². The van der Waals surface area contributed by atoms with Crippen LogP contribution < -0.4 is 0 Å². The van der Waals surface area contributed by atoms with E-state index < -0.39 is 0 Å². The third-order valence-electron chi connectivity index (χ3n) is 3.72. The first kappa shape index (κ1) is 12.2. The molecule has 0 saturated carbocycles. The molecule has 0 fully saturated rings. The van der Waals surface area contributed by atoms with Crippen LogP contribution in [-0.4, -0.2) is 18.5 Å². The number of benzene rings is 2. The van der Waals surface area contributed by atoms with Crippen LogP contribution in [0, 0.1) is 5.92 Å². The van der Waals surface area contributed by atoms with E-state index in [4.69, 9.17) is 4.74 Å². The molecule has 1 heterocycles. The van der Waals surface area contributed by atoms with E-state index in [0.717, 1.165) is 18.9 Å². The summed E-state index contributed by atoms with van der Waals surface area (Å²) in [7, 11) is 0. The van der Waals surface area contributed by atoms with Crippen molar-refractivity contribution in [3.63, 3.8) is 0 Å². The number of aliphatic imine (C=N–C) groups is 1. The highest BCUT2D eigenvalue weighted by molar-refractivity contribution is 5.90. The van der Waals surface area contributed by atoms with Crippen LogP contribution in [0.15, 0.2) is 47.5 Å². The Hall–Kier alpha value is -1.83. The third-order valence-corrected chi connectivity index (χ3v) is 3.72. The molecule has 0 bridgehead atoms. The SMILES string of the molecule is CC(C)[C@@H]1COC(Cc2cccc3ccccc23)=N1. The van der Waals surface area contributed by atoms with E-state index in [9.17, 15) is 0 Å². The third kappa shape index (κ3) is 2.48. The van der Waals surface area contributed by atoms with Crippen molar-refractivity contribution in [3.8, 4) is 0 Å². The zero-order valence-corrected chi connectivity index (χ0v) is 11.5. The van der Waals surface area contributed by atoms with Crippen molar-refractivity contribution in [2.24, 2.45) is 10.9 Å². The van der Waals surface area contributed by atoms with Crippen molar-refractivity contribution < 1.29 is 4.74 Å². The molecule has 1 aliphatic heterocycles. The standard InChI is InChI=1S/C17H19NO/c1-12(2)16-11-19-17(18-16)10-14-8-5-7-13-6-3-4-9-15(13)14/h3-9,12,16H,10-11H2,1-2H3/t16-/m0/s1. The van der Waals surface area contributed by atoms with E-state index >= 15 is 0 Å². The van der Waals surface area contributed by atoms with Crippen LogP contribution in [0.4, 0.5) is 0 Å². The van der Waals surface area contributed by atoms with Crippen LogP contribution >= 0.6 is 0 Å². The average molecular weight is 253 g/mol. The average Bonchev–Trinajstić information content (AvgIpc) is 2.88. The largest absolute Gasteiger partial charge is 0.478 e. The summed E-state index contributed by atoms with van der Waals surface area (Å²) >= 11 is 0. The number of nitrogens with zero attached hydrogens (tertiary/aromatic N) is 1. The lowest BCUT2D eigenvalue weighted by Crippen LogP contribution is -2.13. The van der Waals surface area contributed by atoms with E-state index in [1.54, 1.807) is 0 Å². The van der Waals surface area contributed by atoms with Gasteiger partial charge in [-0.2, -0.15) is 0 Å². The smallest absolute Gasteiger partial charge is 0.188 e. The molecule has 1 atom stereocenters. The minimum absolute atomic E-state index is 0.324. The van der Waals surface area contributed by atoms with Gasteiger partial charge in [0, 0.05) is 6.42 Å². The number of hydrogen-bond acceptors (Lipinski definition) is 2. The van der Waals surface area contributed by atoms with Gasteiger partial charge in [-0.1, -0.05) is 56.3 Å². The number of hydrogen-bond donors (Lipinski definition) is 0. The number of rotatable bonds is 3. The molecule has 2 heteroatoms. The first-order chi connectivity index (χ1) is 9.24. The summed E-state index contributed by atoms with van der Waals surface area (Å²) in [6.07, 6.45) is 0.796. The Morgan fingerprint density at radius 2 is 1.95 bits per heavy atom. The van der Waals surface area contributed by atoms with Gasteiger partial charge in [-0.25, -0.2) is 4.99 Å². The predicted molar refractivity (Wildman–Crippen MR) is 79.7 cm³/mol. The van der Waals surface area contributed by atoms with E-state index in [1.807, 2.05) is 0 Å². The van der Waals surface area contributed by atoms with Crippen molar-refractivity contribution in [1.29, 1.82) is 0 Å². The molecular formula is C17H19NO. The van der Waals surface area contributed by atoms with Gasteiger partial charge in [0.15, 0.2) is 5.90 Å². The van der Waals surface area contributed by atoms with Gasteiger partial charge in [0.2, 0.25) is 0 Å². The molecule has 2 aromatic rings. The van der Waals surface area contributed by atoms with Crippen molar-refractivity contribution in [2.75, 3.05) is 6.61 Å². The Bertz CT molecular complexity index is 610. The van der Waals surface area contributed by atoms with Gasteiger partial charge in [-0.05, 0) is 22.3 Å². The molecule has 0 saturated heterocycles. The van der Waals surface area contributed by atoms with Crippen LogP contribution in [0.3, 0.4) is 0 Å². The first-order valence-corrected chi connectivity index (χ1v) is 6.90. The Balaban J connectivity index is 1.88. The summed E-state index contributed by atoms with van der Waals surface area (Å²) in [5.41, 5.74) is 1.29. The normalized spacial score (nSPS) is 18.7. The van der Waals surface area contributed by atoms with Crippen LogP contribution in [0.1, 0.15) is 19.4 Å². The zero-order valence-electron chi connectivity index (χ0n) is 11.5. The summed E-state index contributed by atoms with van der Waals surface area (Å²) in [4.78, 5) is 4.68. The molecule has 0 spiro atoms. The number of fused-ring (bicyclic) bond motifs is 1. The molecule has 19 heavy (non-hydrogen) atoms. The van der Waals surface area contributed by atoms with Gasteiger partial charge >= 0.3 is 0 Å². The second-order valence-corrected chi connectivity index (χ2v) is 5.46. The van der Waals surface area contributed by atoms with Crippen LogP contribution in [0.25, 0.3) is 10.8 Å². The molecule has 0 aromatic heterocycles. The Kier molecular flexibility index (Phi) is 3.24. The molecule has 2 aromatic carbocycles. The Labute approximate surface area is 114 Å². The van der Waals surface area contributed by atoms with Crippen molar-refractivity contribution >= 4 is 16.7 Å².